The Morgan fingerprint density at radius 2 is 2.10 bits per heavy atom. The van der Waals surface area contributed by atoms with Gasteiger partial charge in [-0.05, 0) is 24.5 Å². The van der Waals surface area contributed by atoms with Gasteiger partial charge in [0.1, 0.15) is 0 Å². The summed E-state index contributed by atoms with van der Waals surface area (Å²) in [7, 11) is -0.898. The Kier molecular flexibility index (Phi) is 5.56. The van der Waals surface area contributed by atoms with E-state index in [1.54, 1.807) is 6.26 Å². The van der Waals surface area contributed by atoms with Crippen LogP contribution in [0.5, 0.6) is 0 Å². The number of amides is 2. The van der Waals surface area contributed by atoms with E-state index in [2.05, 4.69) is 23.5 Å². The summed E-state index contributed by atoms with van der Waals surface area (Å²) in [6.45, 7) is 3.24. The number of carbonyl (C=O) groups is 1. The van der Waals surface area contributed by atoms with Crippen molar-refractivity contribution in [3.05, 3.63) is 42.0 Å². The van der Waals surface area contributed by atoms with Gasteiger partial charge in [0.25, 0.3) is 0 Å². The summed E-state index contributed by atoms with van der Waals surface area (Å²) < 4.78 is 11.2. The number of nitrogens with zero attached hydrogens (tertiary/aromatic N) is 1. The molecule has 0 spiro atoms. The summed E-state index contributed by atoms with van der Waals surface area (Å²) in [5.41, 5.74) is 2.35. The standard InChI is InChI=1S/C16H22N2O2S/c1-13(12-21(2)20)17-16(19)18-10-6-9-15(11-18)14-7-4-3-5-8-14/h3-5,7-9,13H,6,10-12H2,1-2H3,(H,17,19). The zero-order valence-electron chi connectivity index (χ0n) is 12.5. The molecular weight excluding hydrogens is 284 g/mol. The largest absolute Gasteiger partial charge is 0.335 e. The molecule has 1 aromatic carbocycles. The van der Waals surface area contributed by atoms with Crippen molar-refractivity contribution in [3.8, 4) is 0 Å². The van der Waals surface area contributed by atoms with Crippen molar-refractivity contribution in [2.75, 3.05) is 25.1 Å². The lowest BCUT2D eigenvalue weighted by Crippen LogP contribution is -2.47. The lowest BCUT2D eigenvalue weighted by Gasteiger charge is -2.29. The molecule has 1 heterocycles. The normalized spacial score (nSPS) is 17.8. The zero-order chi connectivity index (χ0) is 15.2. The number of hydrogen-bond donors (Lipinski definition) is 1. The second-order valence-electron chi connectivity index (χ2n) is 5.40. The number of nitrogens with one attached hydrogen (secondary N) is 1. The molecule has 4 nitrogen and oxygen atoms in total. The van der Waals surface area contributed by atoms with Gasteiger partial charge in [0.05, 0.1) is 0 Å². The van der Waals surface area contributed by atoms with Crippen molar-refractivity contribution in [1.29, 1.82) is 0 Å². The van der Waals surface area contributed by atoms with Gasteiger partial charge in [-0.3, -0.25) is 4.21 Å². The van der Waals surface area contributed by atoms with E-state index in [0.717, 1.165) is 18.5 Å². The van der Waals surface area contributed by atoms with Crippen LogP contribution in [0.2, 0.25) is 0 Å². The van der Waals surface area contributed by atoms with E-state index in [-0.39, 0.29) is 12.1 Å². The third-order valence-electron chi connectivity index (χ3n) is 3.44. The molecule has 2 atom stereocenters. The van der Waals surface area contributed by atoms with Crippen LogP contribution in [0.1, 0.15) is 18.9 Å². The van der Waals surface area contributed by atoms with Crippen LogP contribution in [0.3, 0.4) is 0 Å². The Morgan fingerprint density at radius 3 is 2.76 bits per heavy atom. The topological polar surface area (TPSA) is 49.4 Å². The van der Waals surface area contributed by atoms with E-state index in [1.165, 1.54) is 5.57 Å². The lowest BCUT2D eigenvalue weighted by molar-refractivity contribution is 0.201. The molecule has 1 aliphatic heterocycles. The SMILES string of the molecule is CC(CS(C)=O)NC(=O)N1CCC=C(c2ccccc2)C1. The minimum absolute atomic E-state index is 0.0746. The number of rotatable bonds is 4. The summed E-state index contributed by atoms with van der Waals surface area (Å²) >= 11 is 0. The minimum Gasteiger partial charge on any atom is -0.335 e. The molecule has 1 aromatic rings. The molecule has 0 aliphatic carbocycles. The number of urea groups is 1. The molecule has 1 N–H and O–H groups in total. The molecular formula is C16H22N2O2S. The smallest absolute Gasteiger partial charge is 0.317 e. The highest BCUT2D eigenvalue weighted by atomic mass is 32.2. The predicted octanol–water partition coefficient (Wildman–Crippen LogP) is 2.25. The highest BCUT2D eigenvalue weighted by Crippen LogP contribution is 2.20. The van der Waals surface area contributed by atoms with Crippen LogP contribution >= 0.6 is 0 Å². The van der Waals surface area contributed by atoms with Gasteiger partial charge in [-0.15, -0.1) is 0 Å². The summed E-state index contributed by atoms with van der Waals surface area (Å²) in [4.78, 5) is 14.1. The van der Waals surface area contributed by atoms with Crippen molar-refractivity contribution in [2.45, 2.75) is 19.4 Å². The first-order chi connectivity index (χ1) is 10.1. The second kappa shape index (κ2) is 7.41. The maximum Gasteiger partial charge on any atom is 0.317 e. The monoisotopic (exact) mass is 306 g/mol. The average molecular weight is 306 g/mol. The number of benzene rings is 1. The fourth-order valence-corrected chi connectivity index (χ4v) is 3.26. The van der Waals surface area contributed by atoms with E-state index >= 15 is 0 Å². The third-order valence-corrected chi connectivity index (χ3v) is 4.41. The highest BCUT2D eigenvalue weighted by Gasteiger charge is 2.20. The fraction of sp³-hybridized carbons (Fsp3) is 0.438. The Bertz CT molecular complexity index is 542. The van der Waals surface area contributed by atoms with Crippen LogP contribution < -0.4 is 5.32 Å². The van der Waals surface area contributed by atoms with Crippen LogP contribution in [0, 0.1) is 0 Å². The fourth-order valence-electron chi connectivity index (χ4n) is 2.47. The van der Waals surface area contributed by atoms with Crippen molar-refractivity contribution < 1.29 is 9.00 Å². The molecule has 2 rings (SSSR count). The van der Waals surface area contributed by atoms with Gasteiger partial charge in [0.15, 0.2) is 0 Å². The van der Waals surface area contributed by atoms with Crippen molar-refractivity contribution in [2.24, 2.45) is 0 Å². The third kappa shape index (κ3) is 4.70. The van der Waals surface area contributed by atoms with E-state index in [1.807, 2.05) is 30.0 Å². The molecule has 0 aromatic heterocycles. The summed E-state index contributed by atoms with van der Waals surface area (Å²) in [5.74, 6) is 0.487. The summed E-state index contributed by atoms with van der Waals surface area (Å²) in [6, 6.07) is 9.99. The molecule has 0 saturated carbocycles. The summed E-state index contributed by atoms with van der Waals surface area (Å²) in [6.07, 6.45) is 4.72. The second-order valence-corrected chi connectivity index (χ2v) is 6.88. The molecule has 0 saturated heterocycles. The molecule has 0 bridgehead atoms. The number of carbonyl (C=O) groups excluding carboxylic acids is 1. The Morgan fingerprint density at radius 1 is 1.38 bits per heavy atom. The van der Waals surface area contributed by atoms with E-state index in [0.29, 0.717) is 12.3 Å². The number of hydrogen-bond acceptors (Lipinski definition) is 2. The average Bonchev–Trinajstić information content (AvgIpc) is 2.47. The van der Waals surface area contributed by atoms with Gasteiger partial charge in [0, 0.05) is 41.9 Å². The quantitative estimate of drug-likeness (QED) is 0.927. The Hall–Kier alpha value is -1.62. The van der Waals surface area contributed by atoms with E-state index in [9.17, 15) is 9.00 Å². The first-order valence-corrected chi connectivity index (χ1v) is 8.89. The predicted molar refractivity (Wildman–Crippen MR) is 87.5 cm³/mol. The van der Waals surface area contributed by atoms with Crippen LogP contribution in [0.4, 0.5) is 4.79 Å². The zero-order valence-corrected chi connectivity index (χ0v) is 13.4. The van der Waals surface area contributed by atoms with Crippen LogP contribution in [-0.4, -0.2) is 46.3 Å². The Balaban J connectivity index is 1.95. The van der Waals surface area contributed by atoms with Crippen molar-refractivity contribution in [1.82, 2.24) is 10.2 Å². The highest BCUT2D eigenvalue weighted by molar-refractivity contribution is 7.84. The molecule has 1 aliphatic rings. The first kappa shape index (κ1) is 15.8. The van der Waals surface area contributed by atoms with E-state index < -0.39 is 10.8 Å². The lowest BCUT2D eigenvalue weighted by atomic mass is 10.0. The first-order valence-electron chi connectivity index (χ1n) is 7.16. The molecule has 0 radical (unpaired) electrons. The van der Waals surface area contributed by atoms with Crippen molar-refractivity contribution >= 4 is 22.4 Å². The van der Waals surface area contributed by atoms with Gasteiger partial charge in [-0.2, -0.15) is 0 Å². The van der Waals surface area contributed by atoms with E-state index in [4.69, 9.17) is 0 Å². The van der Waals surface area contributed by atoms with Gasteiger partial charge >= 0.3 is 6.03 Å². The van der Waals surface area contributed by atoms with Crippen LogP contribution in [0.25, 0.3) is 5.57 Å². The van der Waals surface area contributed by atoms with Gasteiger partial charge in [-0.25, -0.2) is 4.79 Å². The molecule has 5 heteroatoms. The Labute approximate surface area is 128 Å². The molecule has 21 heavy (non-hydrogen) atoms. The van der Waals surface area contributed by atoms with Gasteiger partial charge < -0.3 is 10.2 Å². The molecule has 114 valence electrons. The van der Waals surface area contributed by atoms with Gasteiger partial charge in [-0.1, -0.05) is 36.4 Å². The molecule has 0 fully saturated rings. The maximum absolute atomic E-state index is 12.3. The summed E-state index contributed by atoms with van der Waals surface area (Å²) in [5, 5.41) is 2.92. The molecule has 2 amide bonds. The van der Waals surface area contributed by atoms with Crippen LogP contribution in [0.15, 0.2) is 36.4 Å². The minimum atomic E-state index is -0.898. The van der Waals surface area contributed by atoms with Gasteiger partial charge in [0.2, 0.25) is 0 Å². The maximum atomic E-state index is 12.3. The van der Waals surface area contributed by atoms with Crippen LogP contribution in [-0.2, 0) is 10.8 Å². The molecule has 2 unspecified atom stereocenters. The van der Waals surface area contributed by atoms with Crippen molar-refractivity contribution in [3.63, 3.8) is 0 Å².